The number of nitro groups is 1. The standard InChI is InChI=1S/C32H40N4O8S/c1-7-23(4)33-32(38)29(8-2)34(20-24-10-9-11-27(18-24)44-6)31(37)21-35(25-13-15-26(43-5)16-14-25)45(41,42)28-17-12-22(3)30(19-28)36(39)40/h9-19,23,29H,7-8,20-21H2,1-6H3,(H,33,38)/t23-,29-/m0/s1. The Kier molecular flexibility index (Phi) is 11.9. The zero-order valence-corrected chi connectivity index (χ0v) is 27.2. The van der Waals surface area contributed by atoms with Gasteiger partial charge in [-0.25, -0.2) is 8.42 Å². The fraction of sp³-hybridized carbons (Fsp3) is 0.375. The lowest BCUT2D eigenvalue weighted by molar-refractivity contribution is -0.385. The molecule has 0 saturated heterocycles. The first kappa shape index (κ1) is 34.8. The summed E-state index contributed by atoms with van der Waals surface area (Å²) in [6.07, 6.45) is 0.940. The number of nitro benzene ring substituents is 1. The number of amides is 2. The first-order valence-corrected chi connectivity index (χ1v) is 15.9. The molecule has 2 amide bonds. The highest BCUT2D eigenvalue weighted by Crippen LogP contribution is 2.30. The van der Waals surface area contributed by atoms with Crippen LogP contribution in [0.15, 0.2) is 71.6 Å². The second kappa shape index (κ2) is 15.4. The molecule has 0 aliphatic carbocycles. The van der Waals surface area contributed by atoms with Crippen LogP contribution < -0.4 is 19.1 Å². The number of carbonyl (C=O) groups excluding carboxylic acids is 2. The van der Waals surface area contributed by atoms with Gasteiger partial charge in [-0.05, 0) is 74.7 Å². The molecule has 2 atom stereocenters. The Bertz CT molecular complexity index is 1610. The molecule has 3 rings (SSSR count). The van der Waals surface area contributed by atoms with Crippen molar-refractivity contribution < 1.29 is 32.4 Å². The van der Waals surface area contributed by atoms with Crippen LogP contribution in [0.5, 0.6) is 11.5 Å². The van der Waals surface area contributed by atoms with E-state index < -0.39 is 33.4 Å². The summed E-state index contributed by atoms with van der Waals surface area (Å²) in [4.78, 5) is 39.7. The molecule has 12 nitrogen and oxygen atoms in total. The summed E-state index contributed by atoms with van der Waals surface area (Å²) >= 11 is 0. The smallest absolute Gasteiger partial charge is 0.273 e. The molecular weight excluding hydrogens is 600 g/mol. The summed E-state index contributed by atoms with van der Waals surface area (Å²) in [6, 6.07) is 15.6. The lowest BCUT2D eigenvalue weighted by Crippen LogP contribution is -2.53. The van der Waals surface area contributed by atoms with E-state index in [1.54, 1.807) is 43.3 Å². The van der Waals surface area contributed by atoms with E-state index in [0.717, 1.165) is 10.4 Å². The number of methoxy groups -OCH3 is 2. The Morgan fingerprint density at radius 2 is 1.62 bits per heavy atom. The fourth-order valence-electron chi connectivity index (χ4n) is 4.68. The van der Waals surface area contributed by atoms with Crippen LogP contribution in [0, 0.1) is 17.0 Å². The molecule has 0 aliphatic rings. The average molecular weight is 641 g/mol. The number of sulfonamides is 1. The fourth-order valence-corrected chi connectivity index (χ4v) is 6.11. The summed E-state index contributed by atoms with van der Waals surface area (Å²) in [7, 11) is -1.53. The number of hydrogen-bond donors (Lipinski definition) is 1. The van der Waals surface area contributed by atoms with Gasteiger partial charge < -0.3 is 19.7 Å². The number of rotatable bonds is 15. The van der Waals surface area contributed by atoms with Gasteiger partial charge in [0.15, 0.2) is 0 Å². The van der Waals surface area contributed by atoms with E-state index in [4.69, 9.17) is 9.47 Å². The molecule has 0 radical (unpaired) electrons. The highest BCUT2D eigenvalue weighted by atomic mass is 32.2. The number of hydrogen-bond acceptors (Lipinski definition) is 8. The maximum atomic E-state index is 14.3. The quantitative estimate of drug-likeness (QED) is 0.183. The number of benzene rings is 3. The van der Waals surface area contributed by atoms with E-state index >= 15 is 0 Å². The van der Waals surface area contributed by atoms with Crippen molar-refractivity contribution in [2.75, 3.05) is 25.1 Å². The Balaban J connectivity index is 2.13. The number of nitrogens with zero attached hydrogens (tertiary/aromatic N) is 3. The van der Waals surface area contributed by atoms with Crippen LogP contribution in [0.2, 0.25) is 0 Å². The van der Waals surface area contributed by atoms with E-state index in [0.29, 0.717) is 23.5 Å². The van der Waals surface area contributed by atoms with Crippen molar-refractivity contribution in [1.82, 2.24) is 10.2 Å². The number of ether oxygens (including phenoxy) is 2. The molecule has 0 bridgehead atoms. The topological polar surface area (TPSA) is 148 Å². The highest BCUT2D eigenvalue weighted by Gasteiger charge is 2.34. The minimum atomic E-state index is -4.51. The monoisotopic (exact) mass is 640 g/mol. The Hall–Kier alpha value is -4.65. The molecular formula is C32H40N4O8S. The van der Waals surface area contributed by atoms with Crippen LogP contribution in [0.1, 0.15) is 44.7 Å². The first-order chi connectivity index (χ1) is 21.4. The number of carbonyl (C=O) groups is 2. The Morgan fingerprint density at radius 1 is 0.956 bits per heavy atom. The minimum Gasteiger partial charge on any atom is -0.497 e. The third kappa shape index (κ3) is 8.50. The number of aryl methyl sites for hydroxylation is 1. The van der Waals surface area contributed by atoms with Crippen LogP contribution >= 0.6 is 0 Å². The van der Waals surface area contributed by atoms with Gasteiger partial charge in [0.2, 0.25) is 11.8 Å². The van der Waals surface area contributed by atoms with Crippen LogP contribution in [0.25, 0.3) is 0 Å². The van der Waals surface area contributed by atoms with Gasteiger partial charge in [0.1, 0.15) is 24.1 Å². The van der Waals surface area contributed by atoms with Crippen molar-refractivity contribution in [1.29, 1.82) is 0 Å². The Morgan fingerprint density at radius 3 is 2.20 bits per heavy atom. The van der Waals surface area contributed by atoms with Crippen molar-refractivity contribution in [2.24, 2.45) is 0 Å². The summed E-state index contributed by atoms with van der Waals surface area (Å²) in [5.74, 6) is 0.00213. The van der Waals surface area contributed by atoms with Crippen molar-refractivity contribution >= 4 is 33.2 Å². The maximum absolute atomic E-state index is 14.3. The molecule has 13 heteroatoms. The van der Waals surface area contributed by atoms with Crippen molar-refractivity contribution in [3.8, 4) is 11.5 Å². The molecule has 242 valence electrons. The van der Waals surface area contributed by atoms with Crippen LogP contribution in [0.4, 0.5) is 11.4 Å². The van der Waals surface area contributed by atoms with E-state index in [1.807, 2.05) is 13.8 Å². The third-order valence-electron chi connectivity index (χ3n) is 7.48. The molecule has 0 heterocycles. The van der Waals surface area contributed by atoms with Gasteiger partial charge in [-0.15, -0.1) is 0 Å². The zero-order valence-electron chi connectivity index (χ0n) is 26.3. The normalized spacial score (nSPS) is 12.5. The van der Waals surface area contributed by atoms with Crippen LogP contribution in [0.3, 0.4) is 0 Å². The highest BCUT2D eigenvalue weighted by molar-refractivity contribution is 7.92. The van der Waals surface area contributed by atoms with Gasteiger partial charge in [0.25, 0.3) is 15.7 Å². The summed E-state index contributed by atoms with van der Waals surface area (Å²) in [6.45, 7) is 6.37. The largest absolute Gasteiger partial charge is 0.497 e. The molecule has 45 heavy (non-hydrogen) atoms. The molecule has 0 aromatic heterocycles. The van der Waals surface area contributed by atoms with Gasteiger partial charge >= 0.3 is 0 Å². The maximum Gasteiger partial charge on any atom is 0.273 e. The molecule has 1 N–H and O–H groups in total. The predicted octanol–water partition coefficient (Wildman–Crippen LogP) is 4.84. The van der Waals surface area contributed by atoms with E-state index in [9.17, 15) is 28.1 Å². The van der Waals surface area contributed by atoms with Crippen LogP contribution in [-0.4, -0.2) is 62.9 Å². The van der Waals surface area contributed by atoms with Crippen molar-refractivity contribution in [2.45, 2.75) is 64.1 Å². The van der Waals surface area contributed by atoms with Crippen molar-refractivity contribution in [3.63, 3.8) is 0 Å². The van der Waals surface area contributed by atoms with Gasteiger partial charge in [-0.2, -0.15) is 0 Å². The van der Waals surface area contributed by atoms with Crippen LogP contribution in [-0.2, 0) is 26.2 Å². The summed E-state index contributed by atoms with van der Waals surface area (Å²) < 4.78 is 39.7. The summed E-state index contributed by atoms with van der Waals surface area (Å²) in [5, 5.41) is 14.6. The molecule has 0 saturated carbocycles. The molecule has 0 unspecified atom stereocenters. The molecule has 0 aliphatic heterocycles. The SMILES string of the molecule is CC[C@H](C)NC(=O)[C@H](CC)N(Cc1cccc(OC)c1)C(=O)CN(c1ccc(OC)cc1)S(=O)(=O)c1ccc(C)c([N+](=O)[O-])c1. The predicted molar refractivity (Wildman–Crippen MR) is 171 cm³/mol. The second-order valence-corrected chi connectivity index (χ2v) is 12.4. The zero-order chi connectivity index (χ0) is 33.3. The molecule has 3 aromatic rings. The first-order valence-electron chi connectivity index (χ1n) is 14.5. The summed E-state index contributed by atoms with van der Waals surface area (Å²) in [5.41, 5.74) is 0.717. The van der Waals surface area contributed by atoms with Gasteiger partial charge in [-0.3, -0.25) is 24.0 Å². The number of nitrogens with one attached hydrogen (secondary N) is 1. The third-order valence-corrected chi connectivity index (χ3v) is 9.25. The second-order valence-electron chi connectivity index (χ2n) is 10.5. The number of anilines is 1. The van der Waals surface area contributed by atoms with E-state index in [1.165, 1.54) is 50.3 Å². The van der Waals surface area contributed by atoms with Gasteiger partial charge in [0, 0.05) is 24.2 Å². The lowest BCUT2D eigenvalue weighted by atomic mass is 10.1. The van der Waals surface area contributed by atoms with Gasteiger partial charge in [-0.1, -0.05) is 32.0 Å². The van der Waals surface area contributed by atoms with E-state index in [-0.39, 0.29) is 46.7 Å². The average Bonchev–Trinajstić information content (AvgIpc) is 3.03. The van der Waals surface area contributed by atoms with E-state index in [2.05, 4.69) is 5.32 Å². The molecule has 3 aromatic carbocycles. The van der Waals surface area contributed by atoms with Crippen molar-refractivity contribution in [3.05, 3.63) is 88.0 Å². The van der Waals surface area contributed by atoms with Gasteiger partial charge in [0.05, 0.1) is 29.7 Å². The lowest BCUT2D eigenvalue weighted by Gasteiger charge is -2.33. The molecule has 0 fully saturated rings. The minimum absolute atomic E-state index is 0.00499. The molecule has 0 spiro atoms. The Labute approximate surface area is 264 Å².